The molecule has 0 spiro atoms. The van der Waals surface area contributed by atoms with E-state index in [0.29, 0.717) is 11.4 Å². The van der Waals surface area contributed by atoms with Gasteiger partial charge in [0.15, 0.2) is 5.60 Å². The van der Waals surface area contributed by atoms with Gasteiger partial charge in [-0.05, 0) is 73.8 Å². The van der Waals surface area contributed by atoms with Crippen molar-refractivity contribution in [1.29, 1.82) is 0 Å². The number of benzene rings is 4. The molecule has 0 atom stereocenters. The quantitative estimate of drug-likeness (QED) is 0.0856. The average Bonchev–Trinajstić information content (AvgIpc) is 3.44. The van der Waals surface area contributed by atoms with Crippen LogP contribution in [0, 0.1) is 0 Å². The van der Waals surface area contributed by atoms with Crippen molar-refractivity contribution in [3.05, 3.63) is 132 Å². The molecule has 4 N–H and O–H groups in total. The number of piperidine rings is 2. The number of carbonyl (C=O) groups is 5. The number of likely N-dealkylation sites (tertiary alicyclic amines) is 2. The Bertz CT molecular complexity index is 2570. The summed E-state index contributed by atoms with van der Waals surface area (Å²) >= 11 is 0. The zero-order valence-corrected chi connectivity index (χ0v) is 34.4. The van der Waals surface area contributed by atoms with Crippen LogP contribution >= 0.6 is 0 Å². The molecule has 0 radical (unpaired) electrons. The van der Waals surface area contributed by atoms with Crippen LogP contribution in [0.15, 0.2) is 121 Å². The van der Waals surface area contributed by atoms with E-state index in [0.717, 1.165) is 0 Å². The fourth-order valence-corrected chi connectivity index (χ4v) is 6.80. The summed E-state index contributed by atoms with van der Waals surface area (Å²) in [4.78, 5) is 62.0. The highest BCUT2D eigenvalue weighted by Gasteiger charge is 2.41. The Hall–Kier alpha value is -5.89. The van der Waals surface area contributed by atoms with Gasteiger partial charge in [-0.3, -0.25) is 19.2 Å². The standard InChI is InChI=1S/2C22H28N2O.C6H8O7/c2*1-2-22(25)24(20-11-7-4-8-12-20)21-14-17-23(18-15-21)16-13-19-9-5-3-6-10-19;7-3(8)1-6(13,5(11)12)2-4(9)10/h2*3-12,21H,2,13-18H2,1H3;13H,1-2H2,(H,7,8)(H,9,10)(H,11,12)/i2*1D3,2D2,13D2,16D2;. The predicted molar refractivity (Wildman–Crippen MR) is 245 cm³/mol. The summed E-state index contributed by atoms with van der Waals surface area (Å²) in [6.07, 6.45) is -12.2. The smallest absolute Gasteiger partial charge is 0.336 e. The van der Waals surface area contributed by atoms with Gasteiger partial charge in [0, 0.05) is 100 Å². The van der Waals surface area contributed by atoms with Crippen LogP contribution in [0.3, 0.4) is 0 Å². The first-order valence-corrected chi connectivity index (χ1v) is 20.0. The number of amides is 2. The SMILES string of the molecule is O=C(O)CC(O)(CC(=O)O)C(=O)O.[2H]C([2H])([2H])C([2H])([2H])C(=O)N(c1ccccc1)C1CCN(C([2H])([2H])C([2H])([2H])c2ccccc2)CC1.[2H]C([2H])([2H])C([2H])([2H])C(=O)N(c1ccccc1)C1CCN(C([2H])([2H])C([2H])([2H])c2ccccc2)CC1. The summed E-state index contributed by atoms with van der Waals surface area (Å²) in [7, 11) is 0. The Morgan fingerprint density at radius 2 is 0.889 bits per heavy atom. The Labute approximate surface area is 396 Å². The van der Waals surface area contributed by atoms with Crippen LogP contribution in [0.25, 0.3) is 0 Å². The number of nitrogens with zero attached hydrogens (tertiary/aromatic N) is 4. The van der Waals surface area contributed by atoms with Crippen molar-refractivity contribution in [3.63, 3.8) is 0 Å². The molecule has 0 saturated carbocycles. The Balaban J connectivity index is 0.000000287. The highest BCUT2D eigenvalue weighted by atomic mass is 16.4. The Kier molecular flexibility index (Phi) is 12.1. The van der Waals surface area contributed by atoms with Crippen molar-refractivity contribution in [3.8, 4) is 0 Å². The summed E-state index contributed by atoms with van der Waals surface area (Å²) in [6, 6.07) is 31.6. The number of carbonyl (C=O) groups excluding carboxylic acids is 2. The molecule has 13 nitrogen and oxygen atoms in total. The van der Waals surface area contributed by atoms with Crippen molar-refractivity contribution >= 4 is 41.1 Å². The maximum absolute atomic E-state index is 13.2. The number of hydrogen-bond donors (Lipinski definition) is 4. The van der Waals surface area contributed by atoms with E-state index in [-0.39, 0.29) is 63.0 Å². The third kappa shape index (κ3) is 16.4. The molecular formula is C50H64N4O9. The van der Waals surface area contributed by atoms with E-state index in [2.05, 4.69) is 0 Å². The molecular weight excluding hydrogens is 801 g/mol. The van der Waals surface area contributed by atoms with Crippen molar-refractivity contribution in [2.24, 2.45) is 0 Å². The first kappa shape index (κ1) is 29.5. The summed E-state index contributed by atoms with van der Waals surface area (Å²) in [5.74, 6) is -7.35. The molecule has 2 aliphatic heterocycles. The molecule has 2 fully saturated rings. The van der Waals surface area contributed by atoms with E-state index >= 15 is 0 Å². The second-order valence-electron chi connectivity index (χ2n) is 14.4. The van der Waals surface area contributed by atoms with Crippen molar-refractivity contribution in [2.45, 2.75) is 95.4 Å². The summed E-state index contributed by atoms with van der Waals surface area (Å²) in [5, 5.41) is 33.8. The zero-order valence-electron chi connectivity index (χ0n) is 52.4. The fraction of sp³-hybridized carbons (Fsp3) is 0.420. The number of carboxylic acid groups (broad SMARTS) is 3. The minimum atomic E-state index is -3.15. The lowest BCUT2D eigenvalue weighted by molar-refractivity contribution is -0.170. The summed E-state index contributed by atoms with van der Waals surface area (Å²) < 4.78 is 145. The maximum atomic E-state index is 13.2. The van der Waals surface area contributed by atoms with E-state index in [1.54, 1.807) is 97.1 Å². The van der Waals surface area contributed by atoms with E-state index in [1.165, 1.54) is 43.9 Å². The van der Waals surface area contributed by atoms with E-state index in [1.807, 2.05) is 0 Å². The number of rotatable bonds is 17. The summed E-state index contributed by atoms with van der Waals surface area (Å²) in [6.45, 7) is -10.5. The number of aryl methyl sites for hydroxylation is 2. The van der Waals surface area contributed by atoms with Crippen LogP contribution in [0.1, 0.15) is 101 Å². The van der Waals surface area contributed by atoms with Crippen LogP contribution in [-0.2, 0) is 36.7 Å². The van der Waals surface area contributed by atoms with Gasteiger partial charge in [-0.2, -0.15) is 0 Å². The number of anilines is 2. The van der Waals surface area contributed by atoms with Gasteiger partial charge >= 0.3 is 17.9 Å². The lowest BCUT2D eigenvalue weighted by Crippen LogP contribution is -2.47. The van der Waals surface area contributed by atoms with Crippen LogP contribution in [0.4, 0.5) is 11.4 Å². The lowest BCUT2D eigenvalue weighted by atomic mass is 9.96. The van der Waals surface area contributed by atoms with Crippen LogP contribution < -0.4 is 9.80 Å². The van der Waals surface area contributed by atoms with Crippen molar-refractivity contribution in [2.75, 3.05) is 49.0 Å². The molecule has 63 heavy (non-hydrogen) atoms. The van der Waals surface area contributed by atoms with Crippen LogP contribution in [-0.4, -0.2) is 117 Å². The third-order valence-electron chi connectivity index (χ3n) is 9.93. The van der Waals surface area contributed by atoms with E-state index in [9.17, 15) is 24.0 Å². The monoisotopic (exact) mass is 883 g/mol. The molecule has 2 heterocycles. The molecule has 4 aromatic carbocycles. The highest BCUT2D eigenvalue weighted by molar-refractivity contribution is 5.94. The molecule has 0 aromatic heterocycles. The van der Waals surface area contributed by atoms with Gasteiger partial charge in [0.2, 0.25) is 11.8 Å². The third-order valence-corrected chi connectivity index (χ3v) is 9.93. The average molecular weight is 883 g/mol. The molecule has 0 unspecified atom stereocenters. The predicted octanol–water partition coefficient (Wildman–Crippen LogP) is 7.02. The van der Waals surface area contributed by atoms with Gasteiger partial charge in [-0.15, -0.1) is 0 Å². The second kappa shape index (κ2) is 25.9. The number of aliphatic carboxylic acids is 3. The maximum Gasteiger partial charge on any atom is 0.336 e. The molecule has 6 rings (SSSR count). The summed E-state index contributed by atoms with van der Waals surface area (Å²) in [5.41, 5.74) is -1.58. The highest BCUT2D eigenvalue weighted by Crippen LogP contribution is 2.26. The largest absolute Gasteiger partial charge is 0.481 e. The molecule has 2 aliphatic rings. The fourth-order valence-electron chi connectivity index (χ4n) is 6.80. The molecule has 4 aromatic rings. The Morgan fingerprint density at radius 1 is 0.571 bits per heavy atom. The number of carboxylic acids is 3. The molecule has 2 saturated heterocycles. The minimum Gasteiger partial charge on any atom is -0.481 e. The molecule has 2 amide bonds. The first-order chi connectivity index (χ1) is 37.2. The van der Waals surface area contributed by atoms with Gasteiger partial charge in [-0.25, -0.2) is 4.79 Å². The van der Waals surface area contributed by atoms with Gasteiger partial charge in [-0.1, -0.05) is 111 Å². The van der Waals surface area contributed by atoms with Crippen LogP contribution in [0.5, 0.6) is 0 Å². The van der Waals surface area contributed by atoms with E-state index < -0.39 is 112 Å². The number of hydrogen-bond acceptors (Lipinski definition) is 8. The van der Waals surface area contributed by atoms with E-state index in [4.69, 9.17) is 45.1 Å². The number of aliphatic hydroxyl groups is 1. The topological polar surface area (TPSA) is 179 Å². The number of para-hydroxylation sites is 2. The first-order valence-electron chi connectivity index (χ1n) is 29.0. The lowest BCUT2D eigenvalue weighted by Gasteiger charge is -2.38. The zero-order chi connectivity index (χ0) is 61.4. The van der Waals surface area contributed by atoms with Gasteiger partial charge in [0.1, 0.15) is 0 Å². The second-order valence-corrected chi connectivity index (χ2v) is 14.4. The molecule has 13 heteroatoms. The van der Waals surface area contributed by atoms with Gasteiger partial charge in [0.25, 0.3) is 0 Å². The van der Waals surface area contributed by atoms with Crippen molar-refractivity contribution in [1.82, 2.24) is 9.80 Å². The normalized spacial score (nSPS) is 20.8. The van der Waals surface area contributed by atoms with Gasteiger partial charge < -0.3 is 40.0 Å². The van der Waals surface area contributed by atoms with Crippen LogP contribution in [0.2, 0.25) is 0 Å². The minimum absolute atomic E-state index is 0.109. The van der Waals surface area contributed by atoms with Gasteiger partial charge in [0.05, 0.1) is 12.8 Å². The Morgan fingerprint density at radius 3 is 1.17 bits per heavy atom. The molecule has 338 valence electrons. The van der Waals surface area contributed by atoms with Crippen molar-refractivity contribution < 1.29 is 69.1 Å². The molecule has 0 bridgehead atoms. The molecule has 0 aliphatic carbocycles.